The minimum Gasteiger partial charge on any atom is -0.444 e. The molecule has 0 radical (unpaired) electrons. The molecule has 2 heterocycles. The second-order valence-corrected chi connectivity index (χ2v) is 8.33. The maximum Gasteiger partial charge on any atom is 0.408 e. The maximum absolute atomic E-state index is 12.4. The number of carbonyl (C=O) groups is 3. The predicted molar refractivity (Wildman–Crippen MR) is 89.6 cm³/mol. The first kappa shape index (κ1) is 19.3. The SMILES string of the molecule is CC(C)(C)OC(=O)N[C@@H]1CN2C[C@H](NC(=O)OC(C)(C)C)C(=O)N2C1. The summed E-state index contributed by atoms with van der Waals surface area (Å²) in [6.07, 6.45) is -1.12. The molecule has 0 saturated carbocycles. The molecule has 142 valence electrons. The second-order valence-electron chi connectivity index (χ2n) is 8.33. The Kier molecular flexibility index (Phi) is 5.17. The van der Waals surface area contributed by atoms with Crippen molar-refractivity contribution in [3.8, 4) is 0 Å². The summed E-state index contributed by atoms with van der Waals surface area (Å²) in [4.78, 5) is 36.1. The quantitative estimate of drug-likeness (QED) is 0.761. The van der Waals surface area contributed by atoms with E-state index in [9.17, 15) is 14.4 Å². The Morgan fingerprint density at radius 2 is 1.44 bits per heavy atom. The molecule has 0 aromatic carbocycles. The number of alkyl carbamates (subject to hydrolysis) is 2. The van der Waals surface area contributed by atoms with Gasteiger partial charge in [-0.25, -0.2) is 14.6 Å². The van der Waals surface area contributed by atoms with E-state index >= 15 is 0 Å². The van der Waals surface area contributed by atoms with Crippen molar-refractivity contribution >= 4 is 18.1 Å². The number of hydrazine groups is 1. The summed E-state index contributed by atoms with van der Waals surface area (Å²) < 4.78 is 10.4. The van der Waals surface area contributed by atoms with Crippen LogP contribution in [0.1, 0.15) is 41.5 Å². The molecule has 0 aromatic rings. The molecule has 2 aliphatic heterocycles. The van der Waals surface area contributed by atoms with Crippen LogP contribution in [-0.2, 0) is 14.3 Å². The molecular weight excluding hydrogens is 328 g/mol. The number of amides is 3. The van der Waals surface area contributed by atoms with Crippen molar-refractivity contribution in [2.75, 3.05) is 19.6 Å². The molecule has 0 aromatic heterocycles. The van der Waals surface area contributed by atoms with Gasteiger partial charge < -0.3 is 20.1 Å². The van der Waals surface area contributed by atoms with E-state index in [0.717, 1.165) is 0 Å². The summed E-state index contributed by atoms with van der Waals surface area (Å²) in [5, 5.41) is 8.71. The van der Waals surface area contributed by atoms with E-state index in [0.29, 0.717) is 19.6 Å². The topological polar surface area (TPSA) is 100 Å². The van der Waals surface area contributed by atoms with Gasteiger partial charge in [-0.3, -0.25) is 9.80 Å². The van der Waals surface area contributed by atoms with Crippen LogP contribution < -0.4 is 10.6 Å². The lowest BCUT2D eigenvalue weighted by Gasteiger charge is -2.22. The van der Waals surface area contributed by atoms with Crippen LogP contribution in [-0.4, -0.2) is 71.0 Å². The first-order chi connectivity index (χ1) is 11.3. The zero-order chi connectivity index (χ0) is 19.0. The highest BCUT2D eigenvalue weighted by atomic mass is 16.6. The summed E-state index contributed by atoms with van der Waals surface area (Å²) in [5.41, 5.74) is -1.19. The molecule has 25 heavy (non-hydrogen) atoms. The van der Waals surface area contributed by atoms with Gasteiger partial charge in [-0.05, 0) is 41.5 Å². The molecule has 2 saturated heterocycles. The Morgan fingerprint density at radius 1 is 0.920 bits per heavy atom. The van der Waals surface area contributed by atoms with Crippen molar-refractivity contribution in [1.29, 1.82) is 0 Å². The fourth-order valence-electron chi connectivity index (χ4n) is 2.73. The molecule has 2 rings (SSSR count). The van der Waals surface area contributed by atoms with Gasteiger partial charge in [0.2, 0.25) is 0 Å². The van der Waals surface area contributed by atoms with Crippen molar-refractivity contribution in [3.05, 3.63) is 0 Å². The second kappa shape index (κ2) is 6.70. The first-order valence-corrected chi connectivity index (χ1v) is 8.39. The van der Waals surface area contributed by atoms with Crippen molar-refractivity contribution in [1.82, 2.24) is 20.7 Å². The average Bonchev–Trinajstić information content (AvgIpc) is 2.85. The Bertz CT molecular complexity index is 552. The molecule has 9 heteroatoms. The van der Waals surface area contributed by atoms with Gasteiger partial charge in [0.25, 0.3) is 5.91 Å². The lowest BCUT2D eigenvalue weighted by atomic mass is 10.2. The van der Waals surface area contributed by atoms with Crippen molar-refractivity contribution in [2.24, 2.45) is 0 Å². The van der Waals surface area contributed by atoms with E-state index in [-0.39, 0.29) is 11.9 Å². The maximum atomic E-state index is 12.4. The average molecular weight is 356 g/mol. The highest BCUT2D eigenvalue weighted by Gasteiger charge is 2.45. The van der Waals surface area contributed by atoms with E-state index in [2.05, 4.69) is 10.6 Å². The number of hydrogen-bond donors (Lipinski definition) is 2. The standard InChI is InChI=1S/C16H28N4O5/c1-15(2,3)24-13(22)17-10-7-19-9-11(12(21)20(19)8-10)18-14(23)25-16(4,5)6/h10-11H,7-9H2,1-6H3,(H,17,22)(H,18,23)/t10-,11+/m1/s1. The third-order valence-corrected chi connectivity index (χ3v) is 3.52. The van der Waals surface area contributed by atoms with Gasteiger partial charge in [0.15, 0.2) is 0 Å². The normalized spacial score (nSPS) is 24.1. The Labute approximate surface area is 148 Å². The van der Waals surface area contributed by atoms with Gasteiger partial charge in [-0.15, -0.1) is 0 Å². The minimum absolute atomic E-state index is 0.207. The van der Waals surface area contributed by atoms with Gasteiger partial charge >= 0.3 is 12.2 Å². The fourth-order valence-corrected chi connectivity index (χ4v) is 2.73. The zero-order valence-electron chi connectivity index (χ0n) is 15.7. The molecule has 0 aliphatic carbocycles. The lowest BCUT2D eigenvalue weighted by molar-refractivity contribution is -0.135. The van der Waals surface area contributed by atoms with Gasteiger partial charge in [0.1, 0.15) is 17.2 Å². The van der Waals surface area contributed by atoms with Crippen LogP contribution in [0.4, 0.5) is 9.59 Å². The van der Waals surface area contributed by atoms with Crippen LogP contribution in [0.2, 0.25) is 0 Å². The molecule has 3 amide bonds. The van der Waals surface area contributed by atoms with E-state index in [4.69, 9.17) is 9.47 Å². The van der Waals surface area contributed by atoms with Crippen molar-refractivity contribution in [3.63, 3.8) is 0 Å². The third-order valence-electron chi connectivity index (χ3n) is 3.52. The van der Waals surface area contributed by atoms with Crippen LogP contribution in [0.5, 0.6) is 0 Å². The largest absolute Gasteiger partial charge is 0.444 e. The molecule has 2 aliphatic rings. The highest BCUT2D eigenvalue weighted by Crippen LogP contribution is 2.20. The fraction of sp³-hybridized carbons (Fsp3) is 0.812. The number of nitrogens with zero attached hydrogens (tertiary/aromatic N) is 2. The van der Waals surface area contributed by atoms with E-state index in [1.807, 2.05) is 5.01 Å². The number of nitrogens with one attached hydrogen (secondary N) is 2. The Hall–Kier alpha value is -2.03. The van der Waals surface area contributed by atoms with Gasteiger partial charge in [0, 0.05) is 13.1 Å². The molecular formula is C16H28N4O5. The van der Waals surface area contributed by atoms with Crippen LogP contribution in [0.3, 0.4) is 0 Å². The number of ether oxygens (including phenoxy) is 2. The van der Waals surface area contributed by atoms with Crippen LogP contribution >= 0.6 is 0 Å². The predicted octanol–water partition coefficient (Wildman–Crippen LogP) is 0.846. The number of fused-ring (bicyclic) bond motifs is 1. The van der Waals surface area contributed by atoms with Crippen molar-refractivity contribution < 1.29 is 23.9 Å². The lowest BCUT2D eigenvalue weighted by Crippen LogP contribution is -2.47. The number of carbonyl (C=O) groups excluding carboxylic acids is 3. The Balaban J connectivity index is 1.83. The van der Waals surface area contributed by atoms with Crippen LogP contribution in [0.15, 0.2) is 0 Å². The number of rotatable bonds is 2. The minimum atomic E-state index is -0.641. The van der Waals surface area contributed by atoms with E-state index < -0.39 is 29.4 Å². The molecule has 2 atom stereocenters. The summed E-state index contributed by atoms with van der Waals surface area (Å²) in [7, 11) is 0. The van der Waals surface area contributed by atoms with Crippen molar-refractivity contribution in [2.45, 2.75) is 64.8 Å². The molecule has 0 unspecified atom stereocenters. The highest BCUT2D eigenvalue weighted by molar-refractivity contribution is 5.87. The molecule has 0 spiro atoms. The summed E-state index contributed by atoms with van der Waals surface area (Å²) in [5.74, 6) is -0.209. The summed E-state index contributed by atoms with van der Waals surface area (Å²) >= 11 is 0. The molecule has 9 nitrogen and oxygen atoms in total. The van der Waals surface area contributed by atoms with Gasteiger partial charge in [-0.2, -0.15) is 0 Å². The Morgan fingerprint density at radius 3 is 1.92 bits per heavy atom. The third kappa shape index (κ3) is 5.48. The molecule has 2 N–H and O–H groups in total. The summed E-state index contributed by atoms with van der Waals surface area (Å²) in [6.45, 7) is 11.8. The monoisotopic (exact) mass is 356 g/mol. The molecule has 0 bridgehead atoms. The van der Waals surface area contributed by atoms with Crippen LogP contribution in [0.25, 0.3) is 0 Å². The van der Waals surface area contributed by atoms with E-state index in [1.165, 1.54) is 0 Å². The zero-order valence-corrected chi connectivity index (χ0v) is 15.7. The first-order valence-electron chi connectivity index (χ1n) is 8.39. The smallest absolute Gasteiger partial charge is 0.408 e. The molecule has 2 fully saturated rings. The summed E-state index contributed by atoms with van der Waals surface area (Å²) in [6, 6.07) is -0.849. The van der Waals surface area contributed by atoms with Crippen LogP contribution in [0, 0.1) is 0 Å². The van der Waals surface area contributed by atoms with E-state index in [1.54, 1.807) is 46.6 Å². The van der Waals surface area contributed by atoms with Gasteiger partial charge in [-0.1, -0.05) is 0 Å². The number of hydrogen-bond acceptors (Lipinski definition) is 6. The van der Waals surface area contributed by atoms with Gasteiger partial charge in [0.05, 0.1) is 12.6 Å².